The Morgan fingerprint density at radius 3 is 2.52 bits per heavy atom. The van der Waals surface area contributed by atoms with Crippen molar-refractivity contribution in [3.8, 4) is 5.75 Å². The second kappa shape index (κ2) is 9.60. The van der Waals surface area contributed by atoms with Crippen molar-refractivity contribution in [2.24, 2.45) is 0 Å². The Kier molecular flexibility index (Phi) is 6.93. The fourth-order valence-electron chi connectivity index (χ4n) is 2.77. The minimum atomic E-state index is -0.0718. The van der Waals surface area contributed by atoms with Gasteiger partial charge >= 0.3 is 0 Å². The van der Waals surface area contributed by atoms with Gasteiger partial charge in [-0.3, -0.25) is 4.79 Å². The molecule has 3 aromatic rings. The zero-order valence-corrected chi connectivity index (χ0v) is 18.0. The molecule has 29 heavy (non-hydrogen) atoms. The monoisotopic (exact) mass is 410 g/mol. The van der Waals surface area contributed by atoms with Crippen LogP contribution >= 0.6 is 11.8 Å². The molecule has 7 heteroatoms. The van der Waals surface area contributed by atoms with Gasteiger partial charge in [0, 0.05) is 12.2 Å². The van der Waals surface area contributed by atoms with Gasteiger partial charge in [0.2, 0.25) is 5.91 Å². The quantitative estimate of drug-likeness (QED) is 0.553. The minimum absolute atomic E-state index is 0.0718. The Morgan fingerprint density at radius 2 is 1.83 bits per heavy atom. The van der Waals surface area contributed by atoms with E-state index in [-0.39, 0.29) is 11.7 Å². The molecule has 0 saturated carbocycles. The molecule has 0 unspecified atom stereocenters. The topological polar surface area (TPSA) is 69.0 Å². The molecule has 2 aromatic carbocycles. The SMILES string of the molecule is CCn1c(COc2ccc(C)c(C)c2)nnc1SCC(=O)Nc1ccc(C)cc1. The van der Waals surface area contributed by atoms with Crippen LogP contribution in [0, 0.1) is 20.8 Å². The van der Waals surface area contributed by atoms with Gasteiger partial charge in [-0.2, -0.15) is 0 Å². The van der Waals surface area contributed by atoms with Gasteiger partial charge < -0.3 is 14.6 Å². The molecule has 6 nitrogen and oxygen atoms in total. The number of carbonyl (C=O) groups excluding carboxylic acids is 1. The van der Waals surface area contributed by atoms with Crippen LogP contribution in [0.15, 0.2) is 47.6 Å². The molecule has 0 bridgehead atoms. The summed E-state index contributed by atoms with van der Waals surface area (Å²) in [7, 11) is 0. The molecule has 0 aliphatic heterocycles. The number of thioether (sulfide) groups is 1. The fourth-order valence-corrected chi connectivity index (χ4v) is 3.59. The average molecular weight is 411 g/mol. The first-order chi connectivity index (χ1) is 14.0. The van der Waals surface area contributed by atoms with E-state index in [0.717, 1.165) is 22.8 Å². The summed E-state index contributed by atoms with van der Waals surface area (Å²) in [6, 6.07) is 13.8. The summed E-state index contributed by atoms with van der Waals surface area (Å²) in [6.45, 7) is 9.22. The van der Waals surface area contributed by atoms with Crippen LogP contribution < -0.4 is 10.1 Å². The lowest BCUT2D eigenvalue weighted by Gasteiger charge is -2.10. The van der Waals surface area contributed by atoms with Crippen LogP contribution in [0.4, 0.5) is 5.69 Å². The predicted octanol–water partition coefficient (Wildman–Crippen LogP) is 4.53. The molecule has 0 spiro atoms. The van der Waals surface area contributed by atoms with Crippen LogP contribution in [0.3, 0.4) is 0 Å². The maximum absolute atomic E-state index is 12.2. The largest absolute Gasteiger partial charge is 0.486 e. The van der Waals surface area contributed by atoms with E-state index in [1.54, 1.807) is 0 Å². The van der Waals surface area contributed by atoms with Crippen molar-refractivity contribution in [3.05, 3.63) is 65.0 Å². The molecule has 1 heterocycles. The van der Waals surface area contributed by atoms with Crippen LogP contribution in [-0.2, 0) is 17.9 Å². The molecule has 152 valence electrons. The Balaban J connectivity index is 1.57. The number of anilines is 1. The van der Waals surface area contributed by atoms with Gasteiger partial charge in [-0.25, -0.2) is 0 Å². The standard InChI is InChI=1S/C22H26N4O2S/c1-5-26-20(13-28-19-11-8-16(3)17(4)12-19)24-25-22(26)29-14-21(27)23-18-9-6-15(2)7-10-18/h6-12H,5,13-14H2,1-4H3,(H,23,27). The molecule has 0 fully saturated rings. The number of nitrogens with one attached hydrogen (secondary N) is 1. The number of carbonyl (C=O) groups is 1. The van der Waals surface area contributed by atoms with Crippen LogP contribution in [-0.4, -0.2) is 26.4 Å². The van der Waals surface area contributed by atoms with E-state index in [0.29, 0.717) is 18.3 Å². The van der Waals surface area contributed by atoms with E-state index >= 15 is 0 Å². The fraction of sp³-hybridized carbons (Fsp3) is 0.318. The number of aromatic nitrogens is 3. The molecule has 1 amide bonds. The first-order valence-corrected chi connectivity index (χ1v) is 10.6. The molecule has 1 N–H and O–H groups in total. The van der Waals surface area contributed by atoms with E-state index in [1.807, 2.05) is 60.9 Å². The number of ether oxygens (including phenoxy) is 1. The second-order valence-electron chi connectivity index (χ2n) is 6.88. The second-order valence-corrected chi connectivity index (χ2v) is 7.82. The number of amides is 1. The number of rotatable bonds is 8. The summed E-state index contributed by atoms with van der Waals surface area (Å²) in [5.74, 6) is 1.75. The third kappa shape index (κ3) is 5.60. The van der Waals surface area contributed by atoms with E-state index in [9.17, 15) is 4.79 Å². The van der Waals surface area contributed by atoms with E-state index in [2.05, 4.69) is 29.4 Å². The van der Waals surface area contributed by atoms with Gasteiger partial charge in [-0.05, 0) is 63.1 Å². The van der Waals surface area contributed by atoms with E-state index in [4.69, 9.17) is 4.74 Å². The van der Waals surface area contributed by atoms with Crippen LogP contribution in [0.1, 0.15) is 29.4 Å². The highest BCUT2D eigenvalue weighted by atomic mass is 32.2. The Bertz CT molecular complexity index is 983. The minimum Gasteiger partial charge on any atom is -0.486 e. The Hall–Kier alpha value is -2.80. The smallest absolute Gasteiger partial charge is 0.234 e. The maximum Gasteiger partial charge on any atom is 0.234 e. The highest BCUT2D eigenvalue weighted by Gasteiger charge is 2.14. The summed E-state index contributed by atoms with van der Waals surface area (Å²) in [6.07, 6.45) is 0. The number of hydrogen-bond donors (Lipinski definition) is 1. The molecule has 0 saturated heterocycles. The van der Waals surface area contributed by atoms with Crippen molar-refractivity contribution in [3.63, 3.8) is 0 Å². The lowest BCUT2D eigenvalue weighted by molar-refractivity contribution is -0.113. The molecule has 0 atom stereocenters. The van der Waals surface area contributed by atoms with E-state index in [1.165, 1.54) is 22.9 Å². The lowest BCUT2D eigenvalue weighted by atomic mass is 10.1. The summed E-state index contributed by atoms with van der Waals surface area (Å²) in [5, 5.41) is 12.1. The van der Waals surface area contributed by atoms with Crippen molar-refractivity contribution in [2.45, 2.75) is 46.0 Å². The van der Waals surface area contributed by atoms with Gasteiger partial charge in [-0.1, -0.05) is 35.5 Å². The Morgan fingerprint density at radius 1 is 1.07 bits per heavy atom. The maximum atomic E-state index is 12.2. The molecule has 1 aromatic heterocycles. The molecular weight excluding hydrogens is 384 g/mol. The van der Waals surface area contributed by atoms with Crippen molar-refractivity contribution in [2.75, 3.05) is 11.1 Å². The number of benzene rings is 2. The lowest BCUT2D eigenvalue weighted by Crippen LogP contribution is -2.15. The summed E-state index contributed by atoms with van der Waals surface area (Å²) >= 11 is 1.37. The summed E-state index contributed by atoms with van der Waals surface area (Å²) in [4.78, 5) is 12.2. The van der Waals surface area contributed by atoms with E-state index < -0.39 is 0 Å². The molecule has 0 aliphatic carbocycles. The Labute approximate surface area is 175 Å². The van der Waals surface area contributed by atoms with Crippen molar-refractivity contribution < 1.29 is 9.53 Å². The average Bonchev–Trinajstić information content (AvgIpc) is 3.11. The van der Waals surface area contributed by atoms with Gasteiger partial charge in [0.15, 0.2) is 11.0 Å². The van der Waals surface area contributed by atoms with Crippen molar-refractivity contribution in [1.82, 2.24) is 14.8 Å². The number of hydrogen-bond acceptors (Lipinski definition) is 5. The van der Waals surface area contributed by atoms with Crippen LogP contribution in [0.5, 0.6) is 5.75 Å². The van der Waals surface area contributed by atoms with Gasteiger partial charge in [0.05, 0.1) is 5.75 Å². The normalized spacial score (nSPS) is 10.8. The summed E-state index contributed by atoms with van der Waals surface area (Å²) < 4.78 is 7.86. The van der Waals surface area contributed by atoms with Crippen LogP contribution in [0.25, 0.3) is 0 Å². The zero-order valence-electron chi connectivity index (χ0n) is 17.2. The molecule has 0 radical (unpaired) electrons. The third-order valence-electron chi connectivity index (χ3n) is 4.62. The van der Waals surface area contributed by atoms with Crippen LogP contribution in [0.2, 0.25) is 0 Å². The van der Waals surface area contributed by atoms with Gasteiger partial charge in [-0.15, -0.1) is 10.2 Å². The predicted molar refractivity (Wildman–Crippen MR) is 116 cm³/mol. The number of nitrogens with zero attached hydrogens (tertiary/aromatic N) is 3. The highest BCUT2D eigenvalue weighted by molar-refractivity contribution is 7.99. The zero-order chi connectivity index (χ0) is 20.8. The summed E-state index contributed by atoms with van der Waals surface area (Å²) in [5.41, 5.74) is 4.37. The highest BCUT2D eigenvalue weighted by Crippen LogP contribution is 2.21. The molecule has 0 aliphatic rings. The van der Waals surface area contributed by atoms with Crippen molar-refractivity contribution in [1.29, 1.82) is 0 Å². The first-order valence-electron chi connectivity index (χ1n) is 9.57. The number of aryl methyl sites for hydroxylation is 3. The third-order valence-corrected chi connectivity index (χ3v) is 5.59. The first kappa shape index (κ1) is 20.9. The van der Waals surface area contributed by atoms with Gasteiger partial charge in [0.1, 0.15) is 12.4 Å². The van der Waals surface area contributed by atoms with Gasteiger partial charge in [0.25, 0.3) is 0 Å². The van der Waals surface area contributed by atoms with Crippen molar-refractivity contribution >= 4 is 23.4 Å². The molecular formula is C22H26N4O2S. The molecule has 3 rings (SSSR count).